The minimum Gasteiger partial charge on any atom is -0.491 e. The summed E-state index contributed by atoms with van der Waals surface area (Å²) < 4.78 is 46.8. The van der Waals surface area contributed by atoms with Crippen LogP contribution >= 0.6 is 22.6 Å². The lowest BCUT2D eigenvalue weighted by Gasteiger charge is -2.35. The van der Waals surface area contributed by atoms with Crippen LogP contribution in [0.15, 0.2) is 24.3 Å². The monoisotopic (exact) mass is 495 g/mol. The second-order valence-corrected chi connectivity index (χ2v) is 7.06. The number of fused-ring (bicyclic) bond motifs is 1. The van der Waals surface area contributed by atoms with Crippen LogP contribution in [-0.2, 0) is 19.1 Å². The molecule has 10 heteroatoms. The molecule has 1 N–H and O–H groups in total. The molecule has 1 aliphatic heterocycles. The van der Waals surface area contributed by atoms with Crippen molar-refractivity contribution in [2.45, 2.75) is 32.1 Å². The van der Waals surface area contributed by atoms with Gasteiger partial charge in [0.05, 0.1) is 11.3 Å². The summed E-state index contributed by atoms with van der Waals surface area (Å²) in [6.45, 7) is 2.61. The molecule has 146 valence electrons. The Balaban J connectivity index is 1.88. The molecule has 2 aromatic rings. The van der Waals surface area contributed by atoms with Crippen LogP contribution in [0.2, 0.25) is 0 Å². The third-order valence-corrected chi connectivity index (χ3v) is 5.22. The summed E-state index contributed by atoms with van der Waals surface area (Å²) in [4.78, 5) is 17.4. The number of hydrogen-bond acceptors (Lipinski definition) is 3. The Morgan fingerprint density at radius 3 is 2.78 bits per heavy atom. The average molecular weight is 495 g/mol. The van der Waals surface area contributed by atoms with Gasteiger partial charge in [-0.2, -0.15) is 13.2 Å². The molecule has 1 aliphatic rings. The third-order valence-electron chi connectivity index (χ3n) is 4.43. The molecular weight excluding hydrogens is 478 g/mol. The topological polar surface area (TPSA) is 67.6 Å². The fraction of sp³-hybridized carbons (Fsp3) is 0.412. The van der Waals surface area contributed by atoms with Gasteiger partial charge in [0.25, 0.3) is 0 Å². The summed E-state index contributed by atoms with van der Waals surface area (Å²) in [5, 5.41) is 9.53. The van der Waals surface area contributed by atoms with Gasteiger partial charge >= 0.3 is 12.3 Å². The van der Waals surface area contributed by atoms with Crippen molar-refractivity contribution in [2.75, 3.05) is 13.2 Å². The number of nitrogens with zero attached hydrogens (tertiary/aromatic N) is 3. The minimum atomic E-state index is -4.47. The highest BCUT2D eigenvalue weighted by Gasteiger charge is 2.36. The summed E-state index contributed by atoms with van der Waals surface area (Å²) in [7, 11) is 0. The van der Waals surface area contributed by atoms with Gasteiger partial charge in [0.1, 0.15) is 27.9 Å². The third kappa shape index (κ3) is 3.99. The molecule has 2 heterocycles. The molecule has 0 bridgehead atoms. The zero-order chi connectivity index (χ0) is 19.8. The second-order valence-electron chi connectivity index (χ2n) is 6.04. The summed E-state index contributed by atoms with van der Waals surface area (Å²) in [6, 6.07) is 3.90. The number of alkyl halides is 3. The smallest absolute Gasteiger partial charge is 0.416 e. The van der Waals surface area contributed by atoms with E-state index in [1.54, 1.807) is 0 Å². The van der Waals surface area contributed by atoms with Crippen molar-refractivity contribution >= 4 is 28.7 Å². The fourth-order valence-corrected chi connectivity index (χ4v) is 4.09. The number of amides is 1. The number of benzene rings is 1. The summed E-state index contributed by atoms with van der Waals surface area (Å²) in [5.41, 5.74) is -0.0975. The van der Waals surface area contributed by atoms with Crippen LogP contribution in [0.1, 0.15) is 30.0 Å². The van der Waals surface area contributed by atoms with E-state index in [1.807, 2.05) is 11.5 Å². The van der Waals surface area contributed by atoms with Crippen molar-refractivity contribution in [1.82, 2.24) is 14.5 Å². The van der Waals surface area contributed by atoms with Gasteiger partial charge in [0.15, 0.2) is 0 Å². The Morgan fingerprint density at radius 1 is 1.41 bits per heavy atom. The van der Waals surface area contributed by atoms with Gasteiger partial charge in [-0.25, -0.2) is 9.78 Å². The maximum Gasteiger partial charge on any atom is 0.416 e. The van der Waals surface area contributed by atoms with E-state index in [4.69, 9.17) is 4.74 Å². The second kappa shape index (κ2) is 7.56. The van der Waals surface area contributed by atoms with E-state index in [9.17, 15) is 23.1 Å². The molecule has 0 spiro atoms. The Morgan fingerprint density at radius 2 is 2.15 bits per heavy atom. The van der Waals surface area contributed by atoms with Gasteiger partial charge in [-0.05, 0) is 40.8 Å². The maximum atomic E-state index is 12.9. The first kappa shape index (κ1) is 19.8. The minimum absolute atomic E-state index is 0.0394. The van der Waals surface area contributed by atoms with E-state index < -0.39 is 23.9 Å². The molecule has 1 aromatic carbocycles. The largest absolute Gasteiger partial charge is 0.491 e. The predicted molar refractivity (Wildman–Crippen MR) is 98.7 cm³/mol. The molecule has 1 atom stereocenters. The zero-order valence-electron chi connectivity index (χ0n) is 14.3. The number of aryl methyl sites for hydroxylation is 1. The van der Waals surface area contributed by atoms with Gasteiger partial charge in [0.2, 0.25) is 0 Å². The van der Waals surface area contributed by atoms with Crippen LogP contribution in [0, 0.1) is 3.70 Å². The number of hydrogen-bond donors (Lipinski definition) is 1. The summed E-state index contributed by atoms with van der Waals surface area (Å²) >= 11 is 2.05. The molecule has 1 unspecified atom stereocenters. The molecule has 0 saturated carbocycles. The Hall–Kier alpha value is -1.98. The highest BCUT2D eigenvalue weighted by molar-refractivity contribution is 14.1. The standard InChI is InChI=1S/C17H17F3IN3O3/c1-2-13-22-15(21)14-12(23(16(25)26)6-7-24(13)14)9-27-11-5-3-4-10(8-11)17(18,19)20/h3-5,8,12H,2,6-7,9H2,1H3,(H,25,26). The summed E-state index contributed by atoms with van der Waals surface area (Å²) in [5.74, 6) is 0.890. The van der Waals surface area contributed by atoms with E-state index >= 15 is 0 Å². The highest BCUT2D eigenvalue weighted by Crippen LogP contribution is 2.34. The number of imidazole rings is 1. The fourth-order valence-electron chi connectivity index (χ4n) is 3.16. The first-order valence-electron chi connectivity index (χ1n) is 8.26. The predicted octanol–water partition coefficient (Wildman–Crippen LogP) is 4.18. The molecular formula is C17H17F3IN3O3. The Bertz CT molecular complexity index is 854. The average Bonchev–Trinajstić information content (AvgIpc) is 2.95. The number of carboxylic acid groups (broad SMARTS) is 1. The van der Waals surface area contributed by atoms with Crippen LogP contribution in [-0.4, -0.2) is 38.8 Å². The first-order chi connectivity index (χ1) is 12.7. The van der Waals surface area contributed by atoms with Gasteiger partial charge in [-0.15, -0.1) is 0 Å². The van der Waals surface area contributed by atoms with E-state index in [0.717, 1.165) is 18.0 Å². The van der Waals surface area contributed by atoms with Crippen molar-refractivity contribution in [3.8, 4) is 5.75 Å². The van der Waals surface area contributed by atoms with E-state index in [-0.39, 0.29) is 18.9 Å². The van der Waals surface area contributed by atoms with Crippen LogP contribution in [0.5, 0.6) is 5.75 Å². The van der Waals surface area contributed by atoms with Gasteiger partial charge < -0.3 is 14.4 Å². The van der Waals surface area contributed by atoms with Gasteiger partial charge in [-0.1, -0.05) is 13.0 Å². The molecule has 1 aromatic heterocycles. The van der Waals surface area contributed by atoms with E-state index in [0.29, 0.717) is 22.4 Å². The lowest BCUT2D eigenvalue weighted by Crippen LogP contribution is -2.44. The van der Waals surface area contributed by atoms with E-state index in [1.165, 1.54) is 17.0 Å². The maximum absolute atomic E-state index is 12.9. The number of ether oxygens (including phenoxy) is 1. The van der Waals surface area contributed by atoms with Crippen LogP contribution in [0.4, 0.5) is 18.0 Å². The zero-order valence-corrected chi connectivity index (χ0v) is 16.5. The highest BCUT2D eigenvalue weighted by atomic mass is 127. The van der Waals surface area contributed by atoms with Gasteiger partial charge in [-0.3, -0.25) is 4.90 Å². The normalized spacial score (nSPS) is 16.9. The molecule has 27 heavy (non-hydrogen) atoms. The number of halogens is 4. The lowest BCUT2D eigenvalue weighted by molar-refractivity contribution is -0.137. The van der Waals surface area contributed by atoms with Gasteiger partial charge in [0, 0.05) is 19.5 Å². The Kier molecular flexibility index (Phi) is 5.54. The van der Waals surface area contributed by atoms with Crippen LogP contribution < -0.4 is 4.74 Å². The summed E-state index contributed by atoms with van der Waals surface area (Å²) in [6.07, 6.45) is -4.88. The van der Waals surface area contributed by atoms with Crippen LogP contribution in [0.25, 0.3) is 0 Å². The Labute approximate surface area is 167 Å². The molecule has 0 aliphatic carbocycles. The molecule has 1 amide bonds. The van der Waals surface area contributed by atoms with Crippen LogP contribution in [0.3, 0.4) is 0 Å². The molecule has 6 nitrogen and oxygen atoms in total. The van der Waals surface area contributed by atoms with Crippen molar-refractivity contribution in [1.29, 1.82) is 0 Å². The van der Waals surface area contributed by atoms with Crippen molar-refractivity contribution in [3.05, 3.63) is 45.0 Å². The van der Waals surface area contributed by atoms with Crippen molar-refractivity contribution < 1.29 is 27.8 Å². The molecule has 0 fully saturated rings. The molecule has 0 saturated heterocycles. The number of aromatic nitrogens is 2. The SMILES string of the molecule is CCc1nc(I)c2n1CCN(C(=O)O)C2COc1cccc(C(F)(F)F)c1. The van der Waals surface area contributed by atoms with Crippen molar-refractivity contribution in [3.63, 3.8) is 0 Å². The van der Waals surface area contributed by atoms with Crippen molar-refractivity contribution in [2.24, 2.45) is 0 Å². The number of rotatable bonds is 4. The lowest BCUT2D eigenvalue weighted by atomic mass is 10.1. The molecule has 0 radical (unpaired) electrons. The first-order valence-corrected chi connectivity index (χ1v) is 9.34. The van der Waals surface area contributed by atoms with E-state index in [2.05, 4.69) is 27.6 Å². The quantitative estimate of drug-likeness (QED) is 0.647. The number of carbonyl (C=O) groups is 1. The molecule has 3 rings (SSSR count).